The van der Waals surface area contributed by atoms with E-state index in [1.54, 1.807) is 18.2 Å². The van der Waals surface area contributed by atoms with Crippen molar-refractivity contribution in [3.05, 3.63) is 29.8 Å². The van der Waals surface area contributed by atoms with E-state index in [0.717, 1.165) is 18.5 Å². The average molecular weight is 218 g/mol. The number of hydrogen-bond acceptors (Lipinski definition) is 3. The molecule has 0 spiro atoms. The molecular formula is C12H14N2O2. The largest absolute Gasteiger partial charge is 0.508 e. The molecule has 0 aliphatic carbocycles. The Morgan fingerprint density at radius 2 is 2.31 bits per heavy atom. The Bertz CT molecular complexity index is 427. The third-order valence-corrected chi connectivity index (χ3v) is 3.29. The molecule has 1 amide bonds. The number of phenolic OH excluding ortho intramolecular Hbond substituents is 1. The molecule has 0 radical (unpaired) electrons. The second kappa shape index (κ2) is 3.49. The first kappa shape index (κ1) is 9.66. The Morgan fingerprint density at radius 1 is 1.50 bits per heavy atom. The van der Waals surface area contributed by atoms with E-state index in [2.05, 4.69) is 5.32 Å². The molecule has 16 heavy (non-hydrogen) atoms. The number of rotatable bonds is 2. The van der Waals surface area contributed by atoms with Gasteiger partial charge in [-0.25, -0.2) is 0 Å². The summed E-state index contributed by atoms with van der Waals surface area (Å²) in [6.07, 6.45) is 0.982. The highest BCUT2D eigenvalue weighted by Crippen LogP contribution is 2.24. The van der Waals surface area contributed by atoms with Crippen molar-refractivity contribution in [1.82, 2.24) is 10.2 Å². The number of nitrogens with one attached hydrogen (secondary N) is 1. The number of carbonyl (C=O) groups excluding carboxylic acids is 1. The molecule has 0 saturated carbocycles. The van der Waals surface area contributed by atoms with Crippen molar-refractivity contribution in [2.45, 2.75) is 25.0 Å². The van der Waals surface area contributed by atoms with Gasteiger partial charge in [-0.05, 0) is 24.1 Å². The molecule has 84 valence electrons. The highest BCUT2D eigenvalue weighted by molar-refractivity contribution is 5.84. The van der Waals surface area contributed by atoms with E-state index in [9.17, 15) is 9.90 Å². The normalized spacial score (nSPS) is 27.8. The van der Waals surface area contributed by atoms with Crippen molar-refractivity contribution in [1.29, 1.82) is 0 Å². The molecule has 4 heteroatoms. The van der Waals surface area contributed by atoms with Crippen molar-refractivity contribution in [2.75, 3.05) is 6.54 Å². The molecule has 4 rings (SSSR count). The molecule has 3 saturated heterocycles. The van der Waals surface area contributed by atoms with Crippen molar-refractivity contribution in [3.63, 3.8) is 0 Å². The van der Waals surface area contributed by atoms with Gasteiger partial charge < -0.3 is 15.3 Å². The Hall–Kier alpha value is -1.55. The number of amides is 1. The summed E-state index contributed by atoms with van der Waals surface area (Å²) < 4.78 is 0. The zero-order valence-electron chi connectivity index (χ0n) is 8.89. The number of hydrogen-bond donors (Lipinski definition) is 2. The third-order valence-electron chi connectivity index (χ3n) is 3.29. The third kappa shape index (κ3) is 1.55. The molecule has 2 N–H and O–H groups in total. The summed E-state index contributed by atoms with van der Waals surface area (Å²) in [7, 11) is 0. The number of fused-ring (bicyclic) bond motifs is 2. The number of carbonyl (C=O) groups is 1. The van der Waals surface area contributed by atoms with Gasteiger partial charge in [0.05, 0.1) is 6.04 Å². The van der Waals surface area contributed by atoms with Gasteiger partial charge in [-0.3, -0.25) is 4.79 Å². The van der Waals surface area contributed by atoms with Crippen LogP contribution >= 0.6 is 0 Å². The van der Waals surface area contributed by atoms with E-state index >= 15 is 0 Å². The topological polar surface area (TPSA) is 52.6 Å². The number of phenols is 1. The van der Waals surface area contributed by atoms with Crippen LogP contribution in [0.1, 0.15) is 12.0 Å². The Labute approximate surface area is 93.9 Å². The van der Waals surface area contributed by atoms with Crippen molar-refractivity contribution in [3.8, 4) is 5.75 Å². The van der Waals surface area contributed by atoms with Crippen LogP contribution < -0.4 is 5.32 Å². The number of benzene rings is 1. The van der Waals surface area contributed by atoms with Gasteiger partial charge in [0.2, 0.25) is 5.91 Å². The van der Waals surface area contributed by atoms with Crippen LogP contribution in [-0.4, -0.2) is 34.5 Å². The lowest BCUT2D eigenvalue weighted by atomic mass is 9.90. The van der Waals surface area contributed by atoms with E-state index < -0.39 is 0 Å². The van der Waals surface area contributed by atoms with Crippen LogP contribution in [0.4, 0.5) is 0 Å². The fourth-order valence-corrected chi connectivity index (χ4v) is 2.44. The summed E-state index contributed by atoms with van der Waals surface area (Å²) in [5, 5.41) is 12.6. The van der Waals surface area contributed by atoms with Gasteiger partial charge in [-0.2, -0.15) is 0 Å². The minimum atomic E-state index is 0.0380. The molecule has 0 aromatic heterocycles. The minimum absolute atomic E-state index is 0.0380. The number of piperazine rings is 1. The number of piperidine rings is 1. The quantitative estimate of drug-likeness (QED) is 0.758. The molecule has 4 nitrogen and oxygen atoms in total. The van der Waals surface area contributed by atoms with E-state index in [-0.39, 0.29) is 17.7 Å². The zero-order valence-corrected chi connectivity index (χ0v) is 8.89. The van der Waals surface area contributed by atoms with E-state index in [1.165, 1.54) is 0 Å². The summed E-state index contributed by atoms with van der Waals surface area (Å²) in [6, 6.07) is 7.59. The second-order valence-corrected chi connectivity index (χ2v) is 4.54. The molecule has 1 aromatic carbocycles. The summed E-state index contributed by atoms with van der Waals surface area (Å²) in [5.41, 5.74) is 0.981. The number of nitrogens with zero attached hydrogens (tertiary/aromatic N) is 1. The maximum atomic E-state index is 11.9. The second-order valence-electron chi connectivity index (χ2n) is 4.54. The molecule has 3 heterocycles. The molecule has 3 fully saturated rings. The lowest BCUT2D eigenvalue weighted by molar-refractivity contribution is -0.143. The van der Waals surface area contributed by atoms with Crippen LogP contribution in [0.5, 0.6) is 5.75 Å². The maximum absolute atomic E-state index is 11.9. The molecular weight excluding hydrogens is 204 g/mol. The highest BCUT2D eigenvalue weighted by Gasteiger charge is 2.42. The predicted octanol–water partition coefficient (Wildman–Crippen LogP) is 0.465. The summed E-state index contributed by atoms with van der Waals surface area (Å²) >= 11 is 0. The summed E-state index contributed by atoms with van der Waals surface area (Å²) in [6.45, 7) is 1.38. The van der Waals surface area contributed by atoms with Gasteiger partial charge in [0.25, 0.3) is 0 Å². The SMILES string of the molecule is O=C1C2CC(CN1Cc1cccc(O)c1)N2. The Kier molecular flexibility index (Phi) is 2.11. The fraction of sp³-hybridized carbons (Fsp3) is 0.417. The Morgan fingerprint density at radius 3 is 3.00 bits per heavy atom. The molecule has 1 aromatic rings. The fourth-order valence-electron chi connectivity index (χ4n) is 2.44. The first-order valence-corrected chi connectivity index (χ1v) is 5.55. The van der Waals surface area contributed by atoms with Crippen LogP contribution in [0.15, 0.2) is 24.3 Å². The lowest BCUT2D eigenvalue weighted by Crippen LogP contribution is -2.69. The van der Waals surface area contributed by atoms with Crippen LogP contribution in [0.25, 0.3) is 0 Å². The highest BCUT2D eigenvalue weighted by atomic mass is 16.3. The predicted molar refractivity (Wildman–Crippen MR) is 58.9 cm³/mol. The standard InChI is InChI=1S/C12H14N2O2/c15-10-3-1-2-8(4-10)6-14-7-9-5-11(13-9)12(14)16/h1-4,9,11,13,15H,5-7H2. The van der Waals surface area contributed by atoms with Crippen LogP contribution in [0, 0.1) is 0 Å². The van der Waals surface area contributed by atoms with Crippen molar-refractivity contribution in [2.24, 2.45) is 0 Å². The van der Waals surface area contributed by atoms with E-state index in [4.69, 9.17) is 0 Å². The minimum Gasteiger partial charge on any atom is -0.508 e. The van der Waals surface area contributed by atoms with Crippen molar-refractivity contribution < 1.29 is 9.90 Å². The van der Waals surface area contributed by atoms with Crippen LogP contribution in [-0.2, 0) is 11.3 Å². The van der Waals surface area contributed by atoms with Gasteiger partial charge in [0.1, 0.15) is 5.75 Å². The maximum Gasteiger partial charge on any atom is 0.240 e. The van der Waals surface area contributed by atoms with Gasteiger partial charge in [0, 0.05) is 19.1 Å². The zero-order chi connectivity index (χ0) is 11.1. The molecule has 2 atom stereocenters. The average Bonchev–Trinajstić information content (AvgIpc) is 2.19. The van der Waals surface area contributed by atoms with Gasteiger partial charge in [0.15, 0.2) is 0 Å². The monoisotopic (exact) mass is 218 g/mol. The smallest absolute Gasteiger partial charge is 0.240 e. The first-order chi connectivity index (χ1) is 7.72. The lowest BCUT2D eigenvalue weighted by Gasteiger charge is -2.47. The molecule has 3 aliphatic rings. The molecule has 3 aliphatic heterocycles. The summed E-state index contributed by atoms with van der Waals surface area (Å²) in [4.78, 5) is 13.7. The first-order valence-electron chi connectivity index (χ1n) is 5.55. The Balaban J connectivity index is 1.73. The van der Waals surface area contributed by atoms with Gasteiger partial charge in [-0.15, -0.1) is 0 Å². The van der Waals surface area contributed by atoms with Crippen molar-refractivity contribution >= 4 is 5.91 Å². The van der Waals surface area contributed by atoms with E-state index in [0.29, 0.717) is 12.6 Å². The van der Waals surface area contributed by atoms with E-state index in [1.807, 2.05) is 11.0 Å². The number of aromatic hydroxyl groups is 1. The molecule has 2 unspecified atom stereocenters. The van der Waals surface area contributed by atoms with Gasteiger partial charge in [-0.1, -0.05) is 12.1 Å². The van der Waals surface area contributed by atoms with Crippen LogP contribution in [0.2, 0.25) is 0 Å². The molecule has 2 bridgehead atoms. The summed E-state index contributed by atoms with van der Waals surface area (Å²) in [5.74, 6) is 0.441. The van der Waals surface area contributed by atoms with Crippen LogP contribution in [0.3, 0.4) is 0 Å². The van der Waals surface area contributed by atoms with Gasteiger partial charge >= 0.3 is 0 Å².